The summed E-state index contributed by atoms with van der Waals surface area (Å²) in [7, 11) is -3.64. The molecule has 0 radical (unpaired) electrons. The number of halogens is 1. The van der Waals surface area contributed by atoms with Gasteiger partial charge in [-0.3, -0.25) is 9.59 Å². The number of carbonyl (C=O) groups is 2. The first-order valence-corrected chi connectivity index (χ1v) is 10.7. The van der Waals surface area contributed by atoms with Crippen LogP contribution < -0.4 is 10.6 Å². The van der Waals surface area contributed by atoms with Crippen molar-refractivity contribution in [1.29, 1.82) is 0 Å². The maximum atomic E-state index is 12.4. The Kier molecular flexibility index (Phi) is 6.69. The van der Waals surface area contributed by atoms with Crippen LogP contribution in [0.5, 0.6) is 5.75 Å². The zero-order valence-electron chi connectivity index (χ0n) is 15.6. The Morgan fingerprint density at radius 1 is 1.04 bits per heavy atom. The standard InChI is InChI=1S/C19H21ClN2O5S/c1-11(2)17(28(3,26)27)19(25)21-14-10-16(23)15(9-13(14)20)22-18(24)12-7-5-4-6-8-12/h4-11,17,23H,1-3H3,(H,21,25)(H,22,24). The van der Waals surface area contributed by atoms with E-state index in [9.17, 15) is 23.1 Å². The summed E-state index contributed by atoms with van der Waals surface area (Å²) in [6.45, 7) is 3.24. The van der Waals surface area contributed by atoms with E-state index < -0.39 is 32.8 Å². The number of phenolic OH excluding ortho intramolecular Hbond substituents is 1. The van der Waals surface area contributed by atoms with Crippen molar-refractivity contribution in [2.75, 3.05) is 16.9 Å². The van der Waals surface area contributed by atoms with Gasteiger partial charge >= 0.3 is 0 Å². The molecular formula is C19H21ClN2O5S. The highest BCUT2D eigenvalue weighted by molar-refractivity contribution is 7.92. The molecule has 150 valence electrons. The lowest BCUT2D eigenvalue weighted by atomic mass is 10.1. The zero-order valence-corrected chi connectivity index (χ0v) is 17.1. The van der Waals surface area contributed by atoms with Crippen molar-refractivity contribution in [3.63, 3.8) is 0 Å². The summed E-state index contributed by atoms with van der Waals surface area (Å²) >= 11 is 6.15. The van der Waals surface area contributed by atoms with Gasteiger partial charge in [0.25, 0.3) is 5.91 Å². The minimum Gasteiger partial charge on any atom is -0.506 e. The molecule has 0 saturated carbocycles. The van der Waals surface area contributed by atoms with E-state index in [2.05, 4.69) is 10.6 Å². The van der Waals surface area contributed by atoms with Crippen LogP contribution in [-0.2, 0) is 14.6 Å². The highest BCUT2D eigenvalue weighted by Crippen LogP contribution is 2.34. The van der Waals surface area contributed by atoms with E-state index in [1.54, 1.807) is 44.2 Å². The summed E-state index contributed by atoms with van der Waals surface area (Å²) in [5.41, 5.74) is 0.486. The number of amides is 2. The Bertz CT molecular complexity index is 991. The molecule has 0 fully saturated rings. The van der Waals surface area contributed by atoms with Crippen molar-refractivity contribution in [3.8, 4) is 5.75 Å². The van der Waals surface area contributed by atoms with Crippen LogP contribution in [0.25, 0.3) is 0 Å². The second-order valence-corrected chi connectivity index (χ2v) is 9.23. The normalized spacial score (nSPS) is 12.5. The lowest BCUT2D eigenvalue weighted by Gasteiger charge is -2.19. The second-order valence-electron chi connectivity index (χ2n) is 6.65. The minimum absolute atomic E-state index is 0.0329. The third kappa shape index (κ3) is 5.24. The molecule has 3 N–H and O–H groups in total. The van der Waals surface area contributed by atoms with Crippen molar-refractivity contribution >= 4 is 44.6 Å². The first-order chi connectivity index (χ1) is 13.0. The number of anilines is 2. The molecule has 0 spiro atoms. The Morgan fingerprint density at radius 3 is 2.18 bits per heavy atom. The van der Waals surface area contributed by atoms with Crippen LogP contribution in [-0.4, -0.2) is 36.8 Å². The van der Waals surface area contributed by atoms with Crippen LogP contribution in [0.4, 0.5) is 11.4 Å². The van der Waals surface area contributed by atoms with E-state index in [0.717, 1.165) is 12.3 Å². The smallest absolute Gasteiger partial charge is 0.255 e. The number of hydrogen-bond acceptors (Lipinski definition) is 5. The fraction of sp³-hybridized carbons (Fsp3) is 0.263. The van der Waals surface area contributed by atoms with Crippen molar-refractivity contribution in [1.82, 2.24) is 0 Å². The molecule has 0 heterocycles. The Hall–Kier alpha value is -2.58. The van der Waals surface area contributed by atoms with E-state index in [4.69, 9.17) is 11.6 Å². The predicted octanol–water partition coefficient (Wildman–Crippen LogP) is 3.31. The quantitative estimate of drug-likeness (QED) is 0.616. The van der Waals surface area contributed by atoms with Crippen molar-refractivity contribution in [2.24, 2.45) is 5.92 Å². The molecule has 0 aliphatic heterocycles. The van der Waals surface area contributed by atoms with Crippen molar-refractivity contribution < 1.29 is 23.1 Å². The number of carbonyl (C=O) groups excluding carboxylic acids is 2. The van der Waals surface area contributed by atoms with Gasteiger partial charge in [-0.2, -0.15) is 0 Å². The van der Waals surface area contributed by atoms with E-state index in [1.807, 2.05) is 0 Å². The molecule has 1 unspecified atom stereocenters. The number of phenols is 1. The molecule has 9 heteroatoms. The molecule has 28 heavy (non-hydrogen) atoms. The lowest BCUT2D eigenvalue weighted by molar-refractivity contribution is -0.116. The molecule has 0 saturated heterocycles. The van der Waals surface area contributed by atoms with Crippen LogP contribution in [0, 0.1) is 5.92 Å². The maximum absolute atomic E-state index is 12.4. The number of aromatic hydroxyl groups is 1. The SMILES string of the molecule is CC(C)C(C(=O)Nc1cc(O)c(NC(=O)c2ccccc2)cc1Cl)S(C)(=O)=O. The highest BCUT2D eigenvalue weighted by Gasteiger charge is 2.32. The first kappa shape index (κ1) is 21.7. The summed E-state index contributed by atoms with van der Waals surface area (Å²) in [5.74, 6) is -1.98. The number of hydrogen-bond donors (Lipinski definition) is 3. The van der Waals surface area contributed by atoms with Gasteiger partial charge in [-0.05, 0) is 24.1 Å². The van der Waals surface area contributed by atoms with E-state index in [0.29, 0.717) is 5.56 Å². The van der Waals surface area contributed by atoms with Gasteiger partial charge in [-0.25, -0.2) is 8.42 Å². The van der Waals surface area contributed by atoms with Crippen molar-refractivity contribution in [3.05, 3.63) is 53.1 Å². The molecule has 0 bridgehead atoms. The third-order valence-corrected chi connectivity index (χ3v) is 5.95. The second kappa shape index (κ2) is 8.62. The first-order valence-electron chi connectivity index (χ1n) is 8.39. The lowest BCUT2D eigenvalue weighted by Crippen LogP contribution is -2.38. The van der Waals surface area contributed by atoms with Crippen LogP contribution in [0.2, 0.25) is 5.02 Å². The number of sulfone groups is 1. The topological polar surface area (TPSA) is 113 Å². The Labute approximate surface area is 168 Å². The molecule has 2 rings (SSSR count). The van der Waals surface area contributed by atoms with Gasteiger partial charge in [-0.15, -0.1) is 0 Å². The number of benzene rings is 2. The predicted molar refractivity (Wildman–Crippen MR) is 110 cm³/mol. The third-order valence-electron chi connectivity index (χ3n) is 3.95. The fourth-order valence-corrected chi connectivity index (χ4v) is 4.38. The molecule has 0 aliphatic rings. The summed E-state index contributed by atoms with van der Waals surface area (Å²) < 4.78 is 23.8. The maximum Gasteiger partial charge on any atom is 0.255 e. The van der Waals surface area contributed by atoms with E-state index in [-0.39, 0.29) is 22.1 Å². The molecule has 7 nitrogen and oxygen atoms in total. The molecule has 2 aromatic rings. The van der Waals surface area contributed by atoms with Gasteiger partial charge in [0.2, 0.25) is 5.91 Å². The fourth-order valence-electron chi connectivity index (χ4n) is 2.74. The molecule has 2 amide bonds. The zero-order chi connectivity index (χ0) is 21.1. The molecule has 0 aliphatic carbocycles. The minimum atomic E-state index is -3.64. The summed E-state index contributed by atoms with van der Waals surface area (Å²) in [6.07, 6.45) is 0.985. The van der Waals surface area contributed by atoms with Crippen LogP contribution >= 0.6 is 11.6 Å². The molecule has 2 aromatic carbocycles. The largest absolute Gasteiger partial charge is 0.506 e. The van der Waals surface area contributed by atoms with Gasteiger partial charge in [0.15, 0.2) is 9.84 Å². The summed E-state index contributed by atoms with van der Waals surface area (Å²) in [4.78, 5) is 24.6. The van der Waals surface area contributed by atoms with Gasteiger partial charge in [0.05, 0.1) is 16.4 Å². The molecular weight excluding hydrogens is 404 g/mol. The van der Waals surface area contributed by atoms with Gasteiger partial charge in [0.1, 0.15) is 11.0 Å². The average molecular weight is 425 g/mol. The van der Waals surface area contributed by atoms with Gasteiger partial charge in [0, 0.05) is 17.9 Å². The highest BCUT2D eigenvalue weighted by atomic mass is 35.5. The Morgan fingerprint density at radius 2 is 1.64 bits per heavy atom. The summed E-state index contributed by atoms with van der Waals surface area (Å²) in [5, 5.41) is 13.9. The van der Waals surface area contributed by atoms with Crippen molar-refractivity contribution in [2.45, 2.75) is 19.1 Å². The molecule has 1 atom stereocenters. The van der Waals surface area contributed by atoms with Crippen LogP contribution in [0.1, 0.15) is 24.2 Å². The van der Waals surface area contributed by atoms with Crippen LogP contribution in [0.15, 0.2) is 42.5 Å². The van der Waals surface area contributed by atoms with E-state index in [1.165, 1.54) is 6.07 Å². The van der Waals surface area contributed by atoms with E-state index >= 15 is 0 Å². The number of rotatable bonds is 6. The van der Waals surface area contributed by atoms with Gasteiger partial charge in [-0.1, -0.05) is 43.6 Å². The molecule has 0 aromatic heterocycles. The number of nitrogens with one attached hydrogen (secondary N) is 2. The Balaban J connectivity index is 2.24. The summed E-state index contributed by atoms with van der Waals surface area (Å²) in [6, 6.07) is 10.8. The van der Waals surface area contributed by atoms with Crippen LogP contribution in [0.3, 0.4) is 0 Å². The average Bonchev–Trinajstić information content (AvgIpc) is 2.58. The van der Waals surface area contributed by atoms with Gasteiger partial charge < -0.3 is 15.7 Å². The monoisotopic (exact) mass is 424 g/mol.